The van der Waals surface area contributed by atoms with Crippen LogP contribution in [-0.4, -0.2) is 33.9 Å². The van der Waals surface area contributed by atoms with Crippen molar-refractivity contribution in [1.82, 2.24) is 15.1 Å². The maximum Gasteiger partial charge on any atom is 0.271 e. The molecule has 1 aliphatic heterocycles. The zero-order chi connectivity index (χ0) is 22.5. The summed E-state index contributed by atoms with van der Waals surface area (Å²) in [5.41, 5.74) is 20.7. The van der Waals surface area contributed by atoms with Crippen molar-refractivity contribution in [3.8, 4) is 5.75 Å². The van der Waals surface area contributed by atoms with E-state index in [2.05, 4.69) is 17.0 Å². The van der Waals surface area contributed by atoms with Crippen LogP contribution in [0.25, 0.3) is 0 Å². The van der Waals surface area contributed by atoms with Gasteiger partial charge in [0, 0.05) is 29.5 Å². The molecule has 4 atom stereocenters. The molecule has 2 unspecified atom stereocenters. The first-order valence-corrected chi connectivity index (χ1v) is 10.3. The normalized spacial score (nSPS) is 26.1. The Morgan fingerprint density at radius 2 is 2.16 bits per heavy atom. The van der Waals surface area contributed by atoms with E-state index in [1.165, 1.54) is 0 Å². The van der Waals surface area contributed by atoms with Crippen LogP contribution >= 0.6 is 0 Å². The second kappa shape index (κ2) is 7.51. The number of carbonyl (C=O) groups excluding carboxylic acids is 2. The summed E-state index contributed by atoms with van der Waals surface area (Å²) in [6.45, 7) is 8.49. The maximum absolute atomic E-state index is 13.3. The molecule has 164 valence electrons. The van der Waals surface area contributed by atoms with Gasteiger partial charge in [0.1, 0.15) is 17.1 Å². The molecule has 9 heteroatoms. The van der Waals surface area contributed by atoms with Crippen molar-refractivity contribution in [2.24, 2.45) is 23.1 Å². The van der Waals surface area contributed by atoms with Crippen LogP contribution in [0, 0.1) is 12.8 Å². The summed E-state index contributed by atoms with van der Waals surface area (Å²) in [5.74, 6) is -0.763. The number of nitrogens with one attached hydrogen (secondary N) is 1. The van der Waals surface area contributed by atoms with E-state index in [0.717, 1.165) is 11.3 Å². The van der Waals surface area contributed by atoms with E-state index in [4.69, 9.17) is 21.9 Å². The van der Waals surface area contributed by atoms with Gasteiger partial charge in [-0.2, -0.15) is 5.10 Å². The third kappa shape index (κ3) is 3.21. The van der Waals surface area contributed by atoms with Gasteiger partial charge in [-0.05, 0) is 44.0 Å². The van der Waals surface area contributed by atoms with Gasteiger partial charge in [-0.3, -0.25) is 14.3 Å². The number of nitrogens with zero attached hydrogens (tertiary/aromatic N) is 2. The highest BCUT2D eigenvalue weighted by Crippen LogP contribution is 2.55. The number of aryl methyl sites for hydroxylation is 2. The van der Waals surface area contributed by atoms with Gasteiger partial charge in [0.05, 0.1) is 18.3 Å². The lowest BCUT2D eigenvalue weighted by Gasteiger charge is -2.41. The number of amides is 2. The van der Waals surface area contributed by atoms with E-state index < -0.39 is 17.6 Å². The molecule has 0 saturated heterocycles. The highest BCUT2D eigenvalue weighted by molar-refractivity contribution is 5.95. The van der Waals surface area contributed by atoms with E-state index in [1.807, 2.05) is 13.8 Å². The molecule has 1 aliphatic carbocycles. The van der Waals surface area contributed by atoms with Gasteiger partial charge in [0.25, 0.3) is 5.91 Å². The first-order valence-electron chi connectivity index (χ1n) is 10.3. The van der Waals surface area contributed by atoms with Crippen molar-refractivity contribution in [1.29, 1.82) is 0 Å². The Hall–Kier alpha value is -3.17. The fourth-order valence-electron chi connectivity index (χ4n) is 4.91. The molecule has 31 heavy (non-hydrogen) atoms. The number of allylic oxidation sites excluding steroid dienone is 1. The van der Waals surface area contributed by atoms with Crippen LogP contribution in [0.1, 0.15) is 63.0 Å². The molecule has 2 heterocycles. The summed E-state index contributed by atoms with van der Waals surface area (Å²) >= 11 is 0. The van der Waals surface area contributed by atoms with Gasteiger partial charge in [-0.15, -0.1) is 6.58 Å². The minimum Gasteiger partial charge on any atom is -0.493 e. The maximum atomic E-state index is 13.3. The fraction of sp³-hybridized carbons (Fsp3) is 0.409. The zero-order valence-electron chi connectivity index (χ0n) is 17.7. The molecule has 0 fully saturated rings. The number of rotatable bonds is 6. The summed E-state index contributed by atoms with van der Waals surface area (Å²) < 4.78 is 7.58. The molecule has 7 N–H and O–H groups in total. The molecule has 1 aromatic heterocycles. The number of hydrogen-bond acceptors (Lipinski definition) is 6. The lowest BCUT2D eigenvalue weighted by molar-refractivity contribution is 0.0793. The van der Waals surface area contributed by atoms with Gasteiger partial charge in [-0.25, -0.2) is 0 Å². The summed E-state index contributed by atoms with van der Waals surface area (Å²) in [5, 5.41) is 7.35. The van der Waals surface area contributed by atoms with Gasteiger partial charge in [0.15, 0.2) is 0 Å². The van der Waals surface area contributed by atoms with Crippen molar-refractivity contribution >= 4 is 11.8 Å². The third-order valence-electron chi connectivity index (χ3n) is 6.29. The highest BCUT2D eigenvalue weighted by Gasteiger charge is 2.56. The standard InChI is InChI=1S/C22H28N6O3/c1-4-6-12-10-31-16-9-13(20(24)29)8-14-17(16)18(12)22(25,19(14)23)26-21(30)15-7-11(3)27-28(15)5-2/h4,7-9,12,18-19H,1,5-6,10,23,25H2,2-3H3,(H2,24,29)(H,26,30)/t12-,18?,19?,22+/m0/s1. The first kappa shape index (κ1) is 21.1. The number of nitrogens with two attached hydrogens (primary N) is 3. The molecule has 1 aromatic carbocycles. The summed E-state index contributed by atoms with van der Waals surface area (Å²) in [6.07, 6.45) is 2.44. The molecule has 2 amide bonds. The SMILES string of the molecule is C=CC[C@H]1COc2cc(C(N)=O)cc3c2C1[C@@](N)(NC(=O)c1cc(C)nn1CC)C3N. The molecule has 2 aromatic rings. The molecule has 0 saturated carbocycles. The van der Waals surface area contributed by atoms with E-state index >= 15 is 0 Å². The molecule has 0 spiro atoms. The summed E-state index contributed by atoms with van der Waals surface area (Å²) in [6, 6.07) is 4.23. The van der Waals surface area contributed by atoms with Crippen LogP contribution in [-0.2, 0) is 6.54 Å². The zero-order valence-corrected chi connectivity index (χ0v) is 17.7. The Labute approximate surface area is 180 Å². The number of carbonyl (C=O) groups is 2. The fourth-order valence-corrected chi connectivity index (χ4v) is 4.91. The number of benzene rings is 1. The number of hydrogen-bond donors (Lipinski definition) is 4. The Morgan fingerprint density at radius 3 is 2.81 bits per heavy atom. The summed E-state index contributed by atoms with van der Waals surface area (Å²) in [7, 11) is 0. The number of primary amides is 1. The predicted molar refractivity (Wildman–Crippen MR) is 115 cm³/mol. The van der Waals surface area contributed by atoms with Crippen molar-refractivity contribution < 1.29 is 14.3 Å². The topological polar surface area (TPSA) is 151 Å². The first-order chi connectivity index (χ1) is 14.7. The molecule has 0 radical (unpaired) electrons. The van der Waals surface area contributed by atoms with Crippen LogP contribution in [0.15, 0.2) is 30.9 Å². The Morgan fingerprint density at radius 1 is 1.42 bits per heavy atom. The second-order valence-corrected chi connectivity index (χ2v) is 8.27. The van der Waals surface area contributed by atoms with Gasteiger partial charge >= 0.3 is 0 Å². The van der Waals surface area contributed by atoms with Crippen LogP contribution in [0.2, 0.25) is 0 Å². The van der Waals surface area contributed by atoms with Gasteiger partial charge < -0.3 is 27.3 Å². The minimum atomic E-state index is -1.29. The van der Waals surface area contributed by atoms with E-state index in [1.54, 1.807) is 29.0 Å². The average Bonchev–Trinajstić information content (AvgIpc) is 3.22. The van der Waals surface area contributed by atoms with Gasteiger partial charge in [-0.1, -0.05) is 6.08 Å². The monoisotopic (exact) mass is 424 g/mol. The Balaban J connectivity index is 1.80. The Kier molecular flexibility index (Phi) is 5.10. The third-order valence-corrected chi connectivity index (χ3v) is 6.29. The second-order valence-electron chi connectivity index (χ2n) is 8.27. The molecule has 0 bridgehead atoms. The van der Waals surface area contributed by atoms with Crippen molar-refractivity contribution in [3.05, 3.63) is 58.9 Å². The molecule has 9 nitrogen and oxygen atoms in total. The largest absolute Gasteiger partial charge is 0.493 e. The van der Waals surface area contributed by atoms with Crippen LogP contribution in [0.3, 0.4) is 0 Å². The van der Waals surface area contributed by atoms with Crippen molar-refractivity contribution in [3.63, 3.8) is 0 Å². The van der Waals surface area contributed by atoms with Crippen LogP contribution in [0.4, 0.5) is 0 Å². The van der Waals surface area contributed by atoms with Gasteiger partial charge in [0.2, 0.25) is 5.91 Å². The molecule has 2 aliphatic rings. The highest BCUT2D eigenvalue weighted by atomic mass is 16.5. The average molecular weight is 425 g/mol. The van der Waals surface area contributed by atoms with E-state index in [-0.39, 0.29) is 17.7 Å². The van der Waals surface area contributed by atoms with E-state index in [9.17, 15) is 9.59 Å². The molecular weight excluding hydrogens is 396 g/mol. The predicted octanol–water partition coefficient (Wildman–Crippen LogP) is 1.08. The van der Waals surface area contributed by atoms with Crippen molar-refractivity contribution in [2.75, 3.05) is 6.61 Å². The van der Waals surface area contributed by atoms with Crippen LogP contribution < -0.4 is 27.3 Å². The molecular formula is C22H28N6O3. The minimum absolute atomic E-state index is 0.0418. The van der Waals surface area contributed by atoms with Crippen LogP contribution in [0.5, 0.6) is 5.75 Å². The lowest BCUT2D eigenvalue weighted by atomic mass is 9.77. The smallest absolute Gasteiger partial charge is 0.271 e. The lowest BCUT2D eigenvalue weighted by Crippen LogP contribution is -2.64. The summed E-state index contributed by atoms with van der Waals surface area (Å²) in [4.78, 5) is 25.1. The number of ether oxygens (including phenoxy) is 1. The Bertz CT molecular complexity index is 1080. The van der Waals surface area contributed by atoms with E-state index in [0.29, 0.717) is 42.1 Å². The quantitative estimate of drug-likeness (QED) is 0.402. The van der Waals surface area contributed by atoms with Crippen molar-refractivity contribution in [2.45, 2.75) is 44.4 Å². The number of aromatic nitrogens is 2. The molecule has 4 rings (SSSR count).